The van der Waals surface area contributed by atoms with Crippen LogP contribution >= 0.6 is 39.1 Å². The number of hydrogen-bond donors (Lipinski definition) is 2. The molecule has 1 aromatic heterocycles. The van der Waals surface area contributed by atoms with Crippen LogP contribution in [0.5, 0.6) is 0 Å². The molecular weight excluding hydrogens is 337 g/mol. The van der Waals surface area contributed by atoms with Gasteiger partial charge in [0.05, 0.1) is 5.69 Å². The fraction of sp³-hybridized carbons (Fsp3) is 0.0833. The van der Waals surface area contributed by atoms with Crippen LogP contribution in [-0.4, -0.2) is 4.98 Å². The first-order valence-electron chi connectivity index (χ1n) is 5.11. The lowest BCUT2D eigenvalue weighted by atomic mass is 10.2. The number of benzene rings is 1. The average Bonchev–Trinajstić information content (AvgIpc) is 2.24. The molecule has 18 heavy (non-hydrogen) atoms. The third kappa shape index (κ3) is 3.07. The molecule has 94 valence electrons. The largest absolute Gasteiger partial charge is 0.399 e. The van der Waals surface area contributed by atoms with Crippen LogP contribution < -0.4 is 11.1 Å². The van der Waals surface area contributed by atoms with E-state index >= 15 is 0 Å². The maximum atomic E-state index is 6.08. The molecule has 0 radical (unpaired) electrons. The van der Waals surface area contributed by atoms with Gasteiger partial charge in [0.1, 0.15) is 11.0 Å². The smallest absolute Gasteiger partial charge is 0.134 e. The van der Waals surface area contributed by atoms with E-state index < -0.39 is 0 Å². The van der Waals surface area contributed by atoms with Crippen molar-refractivity contribution in [3.05, 3.63) is 44.5 Å². The van der Waals surface area contributed by atoms with Gasteiger partial charge in [-0.3, -0.25) is 0 Å². The van der Waals surface area contributed by atoms with Gasteiger partial charge in [0.2, 0.25) is 0 Å². The highest BCUT2D eigenvalue weighted by Crippen LogP contribution is 2.31. The van der Waals surface area contributed by atoms with E-state index in [0.29, 0.717) is 21.7 Å². The van der Waals surface area contributed by atoms with E-state index in [-0.39, 0.29) is 0 Å². The molecule has 0 aliphatic carbocycles. The molecule has 0 aliphatic heterocycles. The van der Waals surface area contributed by atoms with E-state index in [9.17, 15) is 0 Å². The van der Waals surface area contributed by atoms with E-state index in [1.807, 2.05) is 19.1 Å². The Hall–Kier alpha value is -0.970. The molecule has 3 nitrogen and oxygen atoms in total. The van der Waals surface area contributed by atoms with Crippen LogP contribution in [0.1, 0.15) is 5.56 Å². The lowest BCUT2D eigenvalue weighted by Crippen LogP contribution is -1.97. The standard InChI is InChI=1S/C12H10BrCl2N3/c1-6-2-8(13)10(5-9(6)14)17-12-4-7(16)3-11(15)18-12/h2-5H,1H3,(H3,16,17,18). The molecule has 0 saturated heterocycles. The summed E-state index contributed by atoms with van der Waals surface area (Å²) in [6, 6.07) is 7.04. The van der Waals surface area contributed by atoms with E-state index in [2.05, 4.69) is 26.2 Å². The summed E-state index contributed by atoms with van der Waals surface area (Å²) >= 11 is 15.4. The van der Waals surface area contributed by atoms with Crippen molar-refractivity contribution in [1.29, 1.82) is 0 Å². The summed E-state index contributed by atoms with van der Waals surface area (Å²) in [7, 11) is 0. The van der Waals surface area contributed by atoms with Crippen LogP contribution in [0.2, 0.25) is 10.2 Å². The number of nitrogen functional groups attached to an aromatic ring is 1. The van der Waals surface area contributed by atoms with Gasteiger partial charge in [0, 0.05) is 21.2 Å². The second-order valence-electron chi connectivity index (χ2n) is 3.81. The van der Waals surface area contributed by atoms with Gasteiger partial charge < -0.3 is 11.1 Å². The number of pyridine rings is 1. The first-order chi connectivity index (χ1) is 8.45. The summed E-state index contributed by atoms with van der Waals surface area (Å²) in [6.45, 7) is 1.94. The predicted octanol–water partition coefficient (Wildman–Crippen LogP) is 4.79. The zero-order valence-corrected chi connectivity index (χ0v) is 12.6. The Morgan fingerprint density at radius 3 is 2.61 bits per heavy atom. The lowest BCUT2D eigenvalue weighted by molar-refractivity contribution is 1.30. The highest BCUT2D eigenvalue weighted by atomic mass is 79.9. The Bertz CT molecular complexity index is 582. The molecule has 0 amide bonds. The van der Waals surface area contributed by atoms with Crippen LogP contribution in [0.15, 0.2) is 28.7 Å². The molecule has 2 rings (SSSR count). The number of nitrogens with one attached hydrogen (secondary N) is 1. The van der Waals surface area contributed by atoms with Gasteiger partial charge in [-0.15, -0.1) is 0 Å². The summed E-state index contributed by atoms with van der Waals surface area (Å²) in [5.74, 6) is 0.570. The average molecular weight is 347 g/mol. The number of anilines is 3. The number of hydrogen-bond acceptors (Lipinski definition) is 3. The third-order valence-corrected chi connectivity index (χ3v) is 3.58. The molecule has 0 unspecified atom stereocenters. The summed E-state index contributed by atoms with van der Waals surface area (Å²) in [4.78, 5) is 4.13. The Morgan fingerprint density at radius 1 is 1.22 bits per heavy atom. The van der Waals surface area contributed by atoms with E-state index in [1.165, 1.54) is 0 Å². The normalized spacial score (nSPS) is 10.4. The molecule has 0 spiro atoms. The Balaban J connectivity index is 2.36. The number of aromatic nitrogens is 1. The maximum absolute atomic E-state index is 6.08. The molecule has 1 aromatic carbocycles. The molecule has 3 N–H and O–H groups in total. The maximum Gasteiger partial charge on any atom is 0.134 e. The first-order valence-corrected chi connectivity index (χ1v) is 6.66. The molecule has 0 fully saturated rings. The number of nitrogens with zero attached hydrogens (tertiary/aromatic N) is 1. The predicted molar refractivity (Wildman–Crippen MR) is 80.8 cm³/mol. The van der Waals surface area contributed by atoms with E-state index in [4.69, 9.17) is 28.9 Å². The zero-order valence-electron chi connectivity index (χ0n) is 9.47. The van der Waals surface area contributed by atoms with Gasteiger partial charge in [-0.25, -0.2) is 4.98 Å². The quantitative estimate of drug-likeness (QED) is 0.769. The summed E-state index contributed by atoms with van der Waals surface area (Å²) < 4.78 is 0.893. The molecular formula is C12H10BrCl2N3. The van der Waals surface area contributed by atoms with Crippen LogP contribution in [0.3, 0.4) is 0 Å². The Kier molecular flexibility index (Phi) is 4.00. The minimum atomic E-state index is 0.340. The van der Waals surface area contributed by atoms with E-state index in [1.54, 1.807) is 12.1 Å². The number of nitrogens with two attached hydrogens (primary N) is 1. The minimum Gasteiger partial charge on any atom is -0.399 e. The molecule has 0 atom stereocenters. The van der Waals surface area contributed by atoms with Crippen LogP contribution in [-0.2, 0) is 0 Å². The van der Waals surface area contributed by atoms with Crippen molar-refractivity contribution in [3.63, 3.8) is 0 Å². The van der Waals surface area contributed by atoms with Crippen molar-refractivity contribution >= 4 is 56.3 Å². The molecule has 6 heteroatoms. The zero-order chi connectivity index (χ0) is 13.3. The highest BCUT2D eigenvalue weighted by molar-refractivity contribution is 9.10. The van der Waals surface area contributed by atoms with Crippen molar-refractivity contribution < 1.29 is 0 Å². The minimum absolute atomic E-state index is 0.340. The molecule has 0 saturated carbocycles. The fourth-order valence-electron chi connectivity index (χ4n) is 1.46. The molecule has 2 aromatic rings. The first kappa shape index (κ1) is 13.5. The van der Waals surface area contributed by atoms with Crippen LogP contribution in [0.4, 0.5) is 17.2 Å². The van der Waals surface area contributed by atoms with Gasteiger partial charge >= 0.3 is 0 Å². The second kappa shape index (κ2) is 5.34. The van der Waals surface area contributed by atoms with Crippen molar-refractivity contribution in [1.82, 2.24) is 4.98 Å². The van der Waals surface area contributed by atoms with Crippen molar-refractivity contribution in [3.8, 4) is 0 Å². The Morgan fingerprint density at radius 2 is 1.94 bits per heavy atom. The molecule has 0 aliphatic rings. The van der Waals surface area contributed by atoms with Gasteiger partial charge in [0.15, 0.2) is 0 Å². The summed E-state index contributed by atoms with van der Waals surface area (Å²) in [6.07, 6.45) is 0. The number of halogens is 3. The van der Waals surface area contributed by atoms with E-state index in [0.717, 1.165) is 15.7 Å². The monoisotopic (exact) mass is 345 g/mol. The summed E-state index contributed by atoms with van der Waals surface area (Å²) in [5.41, 5.74) is 8.05. The highest BCUT2D eigenvalue weighted by Gasteiger charge is 2.06. The second-order valence-corrected chi connectivity index (χ2v) is 5.46. The molecule has 0 bridgehead atoms. The number of aryl methyl sites for hydroxylation is 1. The third-order valence-electron chi connectivity index (χ3n) is 2.33. The van der Waals surface area contributed by atoms with Gasteiger partial charge in [-0.2, -0.15) is 0 Å². The topological polar surface area (TPSA) is 50.9 Å². The number of rotatable bonds is 2. The van der Waals surface area contributed by atoms with Crippen LogP contribution in [0, 0.1) is 6.92 Å². The van der Waals surface area contributed by atoms with Crippen molar-refractivity contribution in [2.45, 2.75) is 6.92 Å². The fourth-order valence-corrected chi connectivity index (χ4v) is 2.40. The van der Waals surface area contributed by atoms with Gasteiger partial charge in [0.25, 0.3) is 0 Å². The lowest BCUT2D eigenvalue weighted by Gasteiger charge is -2.10. The van der Waals surface area contributed by atoms with Crippen LogP contribution in [0.25, 0.3) is 0 Å². The van der Waals surface area contributed by atoms with Crippen molar-refractivity contribution in [2.75, 3.05) is 11.1 Å². The summed E-state index contributed by atoms with van der Waals surface area (Å²) in [5, 5.41) is 4.13. The molecule has 1 heterocycles. The SMILES string of the molecule is Cc1cc(Br)c(Nc2cc(N)cc(Cl)n2)cc1Cl. The van der Waals surface area contributed by atoms with Crippen molar-refractivity contribution in [2.24, 2.45) is 0 Å². The Labute approximate surface area is 123 Å². The van der Waals surface area contributed by atoms with Gasteiger partial charge in [-0.1, -0.05) is 23.2 Å². The van der Waals surface area contributed by atoms with Gasteiger partial charge in [-0.05, 0) is 46.6 Å².